The van der Waals surface area contributed by atoms with Gasteiger partial charge in [0, 0.05) is 30.7 Å². The number of anilines is 1. The third-order valence-corrected chi connectivity index (χ3v) is 12.4. The van der Waals surface area contributed by atoms with Gasteiger partial charge in [-0.25, -0.2) is 4.79 Å². The Hall–Kier alpha value is -1.72. The zero-order chi connectivity index (χ0) is 26.1. The van der Waals surface area contributed by atoms with Gasteiger partial charge in [0.15, 0.2) is 0 Å². The maximum atomic E-state index is 12.7. The number of halogens is 2. The third-order valence-electron chi connectivity index (χ3n) is 11.6. The van der Waals surface area contributed by atoms with Crippen LogP contribution in [0.5, 0.6) is 0 Å². The summed E-state index contributed by atoms with van der Waals surface area (Å²) in [5.41, 5.74) is 1.13. The zero-order valence-corrected chi connectivity index (χ0v) is 23.6. The van der Waals surface area contributed by atoms with E-state index in [-0.39, 0.29) is 39.6 Å². The van der Waals surface area contributed by atoms with Crippen LogP contribution in [-0.2, 0) is 4.79 Å². The van der Waals surface area contributed by atoms with Crippen LogP contribution in [0.2, 0.25) is 10.0 Å². The maximum Gasteiger partial charge on any atom is 0.319 e. The number of nitrogens with zero attached hydrogens (tertiary/aromatic N) is 1. The molecule has 0 aromatic heterocycles. The molecule has 3 aliphatic carbocycles. The van der Waals surface area contributed by atoms with Crippen LogP contribution >= 0.6 is 23.2 Å². The second kappa shape index (κ2) is 8.66. The summed E-state index contributed by atoms with van der Waals surface area (Å²) >= 11 is 12.1. The lowest BCUT2D eigenvalue weighted by molar-refractivity contribution is -0.189. The molecule has 0 spiro atoms. The average molecular weight is 533 g/mol. The highest BCUT2D eigenvalue weighted by molar-refractivity contribution is 6.42. The molecule has 0 saturated heterocycles. The van der Waals surface area contributed by atoms with Crippen molar-refractivity contribution in [2.45, 2.75) is 72.3 Å². The molecule has 4 aliphatic rings. The van der Waals surface area contributed by atoms with E-state index < -0.39 is 0 Å². The summed E-state index contributed by atoms with van der Waals surface area (Å²) in [4.78, 5) is 27.2. The van der Waals surface area contributed by atoms with Crippen LogP contribution in [0.25, 0.3) is 0 Å². The summed E-state index contributed by atoms with van der Waals surface area (Å²) in [6.45, 7) is 10.6. The normalized spacial score (nSPS) is 41.4. The lowest BCUT2D eigenvalue weighted by Gasteiger charge is -2.69. The number of carbonyl (C=O) groups is 2. The number of hydrogen-bond donors (Lipinski definition) is 2. The van der Waals surface area contributed by atoms with Gasteiger partial charge < -0.3 is 15.5 Å². The number of carbonyl (C=O) groups excluding carboxylic acids is 2. The number of rotatable bonds is 3. The molecule has 7 atom stereocenters. The fraction of sp³-hybridized carbons (Fsp3) is 0.655. The van der Waals surface area contributed by atoms with Crippen molar-refractivity contribution >= 4 is 40.8 Å². The van der Waals surface area contributed by atoms with E-state index in [1.807, 2.05) is 18.0 Å². The van der Waals surface area contributed by atoms with Gasteiger partial charge in [-0.05, 0) is 90.9 Å². The summed E-state index contributed by atoms with van der Waals surface area (Å²) < 4.78 is 0. The Morgan fingerprint density at radius 1 is 1.00 bits per heavy atom. The van der Waals surface area contributed by atoms with E-state index >= 15 is 0 Å². The first kappa shape index (κ1) is 25.9. The van der Waals surface area contributed by atoms with Crippen molar-refractivity contribution in [1.29, 1.82) is 0 Å². The SMILES string of the molecule is CN1C(=O)C=C[C@@]2(C)[C@H]1CC[C@@H]1[C@]2(C)CC[C@]2(C)[C@@H](CNC(=O)Nc3ccc(Cl)c(Cl)c3)CC[C@@]12C. The van der Waals surface area contributed by atoms with Crippen LogP contribution in [0.3, 0.4) is 0 Å². The largest absolute Gasteiger partial charge is 0.338 e. The molecule has 3 amide bonds. The van der Waals surface area contributed by atoms with Crippen LogP contribution in [0.1, 0.15) is 66.2 Å². The molecular weight excluding hydrogens is 493 g/mol. The monoisotopic (exact) mass is 531 g/mol. The predicted molar refractivity (Wildman–Crippen MR) is 146 cm³/mol. The topological polar surface area (TPSA) is 61.4 Å². The number of nitrogens with one attached hydrogen (secondary N) is 2. The van der Waals surface area contributed by atoms with E-state index in [1.54, 1.807) is 18.2 Å². The highest BCUT2D eigenvalue weighted by Crippen LogP contribution is 2.75. The van der Waals surface area contributed by atoms with Crippen LogP contribution < -0.4 is 10.6 Å². The fourth-order valence-corrected chi connectivity index (χ4v) is 9.29. The van der Waals surface area contributed by atoms with Gasteiger partial charge in [-0.1, -0.05) is 57.0 Å². The van der Waals surface area contributed by atoms with Crippen LogP contribution in [0.15, 0.2) is 30.4 Å². The Morgan fingerprint density at radius 2 is 1.72 bits per heavy atom. The summed E-state index contributed by atoms with van der Waals surface area (Å²) in [5, 5.41) is 6.93. The Morgan fingerprint density at radius 3 is 2.44 bits per heavy atom. The first-order valence-corrected chi connectivity index (χ1v) is 14.1. The Kier molecular flexibility index (Phi) is 6.23. The van der Waals surface area contributed by atoms with Crippen molar-refractivity contribution in [3.8, 4) is 0 Å². The molecule has 0 unspecified atom stereocenters. The zero-order valence-electron chi connectivity index (χ0n) is 22.1. The molecular formula is C29H39Cl2N3O2. The quantitative estimate of drug-likeness (QED) is 0.434. The van der Waals surface area contributed by atoms with Crippen molar-refractivity contribution < 1.29 is 9.59 Å². The molecule has 1 aliphatic heterocycles. The number of likely N-dealkylation sites (N-methyl/N-ethyl adjacent to an activating group) is 1. The van der Waals surface area contributed by atoms with Gasteiger partial charge in [0.1, 0.15) is 0 Å². The number of fused-ring (bicyclic) bond motifs is 5. The van der Waals surface area contributed by atoms with Crippen LogP contribution in [0.4, 0.5) is 10.5 Å². The molecule has 0 bridgehead atoms. The summed E-state index contributed by atoms with van der Waals surface area (Å²) in [6, 6.07) is 5.17. The molecule has 196 valence electrons. The van der Waals surface area contributed by atoms with E-state index in [1.165, 1.54) is 6.42 Å². The fourth-order valence-electron chi connectivity index (χ4n) is 9.00. The molecule has 3 saturated carbocycles. The molecule has 7 heteroatoms. The third kappa shape index (κ3) is 3.55. The minimum atomic E-state index is -0.209. The first-order valence-electron chi connectivity index (χ1n) is 13.3. The van der Waals surface area contributed by atoms with Crippen molar-refractivity contribution in [3.63, 3.8) is 0 Å². The van der Waals surface area contributed by atoms with Gasteiger partial charge in [-0.15, -0.1) is 0 Å². The summed E-state index contributed by atoms with van der Waals surface area (Å²) in [6.07, 6.45) is 10.9. The van der Waals surface area contributed by atoms with Crippen molar-refractivity contribution in [2.75, 3.05) is 18.9 Å². The molecule has 3 fully saturated rings. The molecule has 1 heterocycles. The molecule has 0 radical (unpaired) electrons. The number of hydrogen-bond acceptors (Lipinski definition) is 2. The van der Waals surface area contributed by atoms with Crippen molar-refractivity contribution in [3.05, 3.63) is 40.4 Å². The Balaban J connectivity index is 1.32. The highest BCUT2D eigenvalue weighted by atomic mass is 35.5. The highest BCUT2D eigenvalue weighted by Gasteiger charge is 2.69. The van der Waals surface area contributed by atoms with E-state index in [0.29, 0.717) is 34.1 Å². The van der Waals surface area contributed by atoms with Crippen molar-refractivity contribution in [2.24, 2.45) is 33.5 Å². The van der Waals surface area contributed by atoms with Gasteiger partial charge in [0.05, 0.1) is 10.0 Å². The molecule has 1 aromatic carbocycles. The minimum Gasteiger partial charge on any atom is -0.338 e. The first-order chi connectivity index (χ1) is 16.9. The van der Waals surface area contributed by atoms with Crippen LogP contribution in [0, 0.1) is 33.5 Å². The lowest BCUT2D eigenvalue weighted by Crippen LogP contribution is -2.66. The maximum absolute atomic E-state index is 12.7. The number of amides is 3. The number of benzene rings is 1. The number of urea groups is 1. The van der Waals surface area contributed by atoms with Gasteiger partial charge in [-0.2, -0.15) is 0 Å². The smallest absolute Gasteiger partial charge is 0.319 e. The van der Waals surface area contributed by atoms with E-state index in [4.69, 9.17) is 23.2 Å². The van der Waals surface area contributed by atoms with E-state index in [9.17, 15) is 9.59 Å². The molecule has 5 rings (SSSR count). The molecule has 1 aromatic rings. The van der Waals surface area contributed by atoms with Gasteiger partial charge in [0.25, 0.3) is 0 Å². The van der Waals surface area contributed by atoms with Gasteiger partial charge >= 0.3 is 6.03 Å². The van der Waals surface area contributed by atoms with E-state index in [2.05, 4.69) is 44.4 Å². The predicted octanol–water partition coefficient (Wildman–Crippen LogP) is 7.15. The minimum absolute atomic E-state index is 0.0149. The molecule has 5 nitrogen and oxygen atoms in total. The van der Waals surface area contributed by atoms with Gasteiger partial charge in [-0.3, -0.25) is 4.79 Å². The second-order valence-electron chi connectivity index (χ2n) is 12.7. The standard InChI is InChI=1S/C29H39Cl2N3O2/c1-26-14-15-28(3)22(8-9-23-29(28,4)13-11-24(35)34(23)5)27(26,2)12-10-18(26)17-32-25(36)33-19-6-7-20(30)21(31)16-19/h6-7,11,13,16,18,22-23H,8-10,12,14-15,17H2,1-5H3,(H2,32,33,36)/t18-,22+,23-,26-,27+,28+,29+/m1/s1. The molecule has 36 heavy (non-hydrogen) atoms. The Labute approximate surface area is 225 Å². The van der Waals surface area contributed by atoms with E-state index in [0.717, 1.165) is 32.1 Å². The summed E-state index contributed by atoms with van der Waals surface area (Å²) in [7, 11) is 1.98. The molecule has 2 N–H and O–H groups in total. The Bertz CT molecular complexity index is 1120. The summed E-state index contributed by atoms with van der Waals surface area (Å²) in [5.74, 6) is 1.16. The van der Waals surface area contributed by atoms with Crippen LogP contribution in [-0.4, -0.2) is 36.5 Å². The lowest BCUT2D eigenvalue weighted by atomic mass is 9.37. The average Bonchev–Trinajstić information content (AvgIpc) is 3.09. The second-order valence-corrected chi connectivity index (χ2v) is 13.5. The van der Waals surface area contributed by atoms with Crippen molar-refractivity contribution in [1.82, 2.24) is 10.2 Å². The van der Waals surface area contributed by atoms with Gasteiger partial charge in [0.2, 0.25) is 5.91 Å².